The Balaban J connectivity index is 2.17. The van der Waals surface area contributed by atoms with Crippen LogP contribution >= 0.6 is 0 Å². The molecule has 4 heteroatoms. The van der Waals surface area contributed by atoms with E-state index < -0.39 is 0 Å². The summed E-state index contributed by atoms with van der Waals surface area (Å²) in [7, 11) is 1.89. The number of aliphatic hydroxyl groups is 1. The van der Waals surface area contributed by atoms with E-state index in [1.807, 2.05) is 11.9 Å². The third-order valence-corrected chi connectivity index (χ3v) is 2.63. The molecule has 1 saturated heterocycles. The number of aliphatic hydroxyl groups excluding tert-OH is 1. The van der Waals surface area contributed by atoms with Crippen LogP contribution in [0.15, 0.2) is 0 Å². The number of nitrogens with zero attached hydrogens (tertiary/aromatic N) is 1. The lowest BCUT2D eigenvalue weighted by Crippen LogP contribution is -2.40. The lowest BCUT2D eigenvalue weighted by atomic mass is 10.1. The number of carbonyl (C=O) groups excluding carboxylic acids is 1. The maximum absolute atomic E-state index is 11.6. The van der Waals surface area contributed by atoms with Gasteiger partial charge in [-0.15, -0.1) is 0 Å². The number of rotatable bonds is 4. The van der Waals surface area contributed by atoms with Crippen molar-refractivity contribution in [1.82, 2.24) is 10.2 Å². The van der Waals surface area contributed by atoms with E-state index in [9.17, 15) is 9.90 Å². The van der Waals surface area contributed by atoms with Crippen molar-refractivity contribution in [3.8, 4) is 0 Å². The molecule has 0 aromatic heterocycles. The molecule has 2 N–H and O–H groups in total. The first kappa shape index (κ1) is 11.5. The number of amides is 1. The zero-order chi connectivity index (χ0) is 10.4. The average Bonchev–Trinajstić information content (AvgIpc) is 2.19. The van der Waals surface area contributed by atoms with Gasteiger partial charge in [-0.2, -0.15) is 0 Å². The standard InChI is InChI=1S/C10H20N2O2/c1-11-6-2-3-10(14)12-7-4-9(13)5-8-12/h9,11,13H,2-8H2,1H3. The van der Waals surface area contributed by atoms with E-state index in [4.69, 9.17) is 0 Å². The Hall–Kier alpha value is -0.610. The summed E-state index contributed by atoms with van der Waals surface area (Å²) in [6, 6.07) is 0. The molecule has 1 amide bonds. The first-order valence-corrected chi connectivity index (χ1v) is 5.34. The monoisotopic (exact) mass is 200 g/mol. The number of hydrogen-bond donors (Lipinski definition) is 2. The molecule has 14 heavy (non-hydrogen) atoms. The average molecular weight is 200 g/mol. The van der Waals surface area contributed by atoms with Gasteiger partial charge in [0.1, 0.15) is 0 Å². The minimum absolute atomic E-state index is 0.198. The minimum atomic E-state index is -0.198. The van der Waals surface area contributed by atoms with Gasteiger partial charge in [-0.05, 0) is 32.9 Å². The molecule has 1 rings (SSSR count). The molecular weight excluding hydrogens is 180 g/mol. The van der Waals surface area contributed by atoms with Gasteiger partial charge < -0.3 is 15.3 Å². The summed E-state index contributed by atoms with van der Waals surface area (Å²) in [5, 5.41) is 12.3. The highest BCUT2D eigenvalue weighted by Crippen LogP contribution is 2.11. The van der Waals surface area contributed by atoms with Crippen LogP contribution in [0.25, 0.3) is 0 Å². The summed E-state index contributed by atoms with van der Waals surface area (Å²) < 4.78 is 0. The highest BCUT2D eigenvalue weighted by molar-refractivity contribution is 5.76. The third kappa shape index (κ3) is 3.64. The summed E-state index contributed by atoms with van der Waals surface area (Å²) >= 11 is 0. The summed E-state index contributed by atoms with van der Waals surface area (Å²) in [6.45, 7) is 2.33. The van der Waals surface area contributed by atoms with Gasteiger partial charge in [-0.1, -0.05) is 0 Å². The Labute approximate surface area is 85.3 Å². The molecule has 1 heterocycles. The molecule has 0 aliphatic carbocycles. The fourth-order valence-corrected chi connectivity index (χ4v) is 1.69. The summed E-state index contributed by atoms with van der Waals surface area (Å²) in [4.78, 5) is 13.5. The van der Waals surface area contributed by atoms with Crippen molar-refractivity contribution >= 4 is 5.91 Å². The number of hydrogen-bond acceptors (Lipinski definition) is 3. The zero-order valence-corrected chi connectivity index (χ0v) is 8.83. The zero-order valence-electron chi connectivity index (χ0n) is 8.83. The second-order valence-electron chi connectivity index (χ2n) is 3.82. The van der Waals surface area contributed by atoms with Gasteiger partial charge in [0.25, 0.3) is 0 Å². The van der Waals surface area contributed by atoms with Crippen molar-refractivity contribution in [1.29, 1.82) is 0 Å². The number of carbonyl (C=O) groups is 1. The van der Waals surface area contributed by atoms with Crippen LogP contribution in [-0.2, 0) is 4.79 Å². The smallest absolute Gasteiger partial charge is 0.222 e. The summed E-state index contributed by atoms with van der Waals surface area (Å²) in [5.41, 5.74) is 0. The number of piperidine rings is 1. The van der Waals surface area contributed by atoms with E-state index in [1.165, 1.54) is 0 Å². The lowest BCUT2D eigenvalue weighted by Gasteiger charge is -2.29. The summed E-state index contributed by atoms with van der Waals surface area (Å²) in [5.74, 6) is 0.229. The first-order chi connectivity index (χ1) is 6.74. The second-order valence-corrected chi connectivity index (χ2v) is 3.82. The van der Waals surface area contributed by atoms with Crippen LogP contribution in [0.1, 0.15) is 25.7 Å². The first-order valence-electron chi connectivity index (χ1n) is 5.34. The van der Waals surface area contributed by atoms with Gasteiger partial charge >= 0.3 is 0 Å². The van der Waals surface area contributed by atoms with E-state index in [-0.39, 0.29) is 12.0 Å². The van der Waals surface area contributed by atoms with Crippen LogP contribution in [-0.4, -0.2) is 48.7 Å². The van der Waals surface area contributed by atoms with E-state index in [1.54, 1.807) is 0 Å². The van der Waals surface area contributed by atoms with Crippen LogP contribution in [0.4, 0.5) is 0 Å². The largest absolute Gasteiger partial charge is 0.393 e. The van der Waals surface area contributed by atoms with Gasteiger partial charge in [0, 0.05) is 19.5 Å². The predicted molar refractivity (Wildman–Crippen MR) is 55.0 cm³/mol. The Morgan fingerprint density at radius 2 is 2.14 bits per heavy atom. The quantitative estimate of drug-likeness (QED) is 0.627. The normalized spacial score (nSPS) is 18.6. The Bertz CT molecular complexity index is 177. The Morgan fingerprint density at radius 3 is 2.71 bits per heavy atom. The van der Waals surface area contributed by atoms with Crippen molar-refractivity contribution in [3.05, 3.63) is 0 Å². The summed E-state index contributed by atoms with van der Waals surface area (Å²) in [6.07, 6.45) is 2.79. The molecule has 1 aliphatic heterocycles. The SMILES string of the molecule is CNCCCC(=O)N1CCC(O)CC1. The van der Waals surface area contributed by atoms with Gasteiger partial charge in [-0.25, -0.2) is 0 Å². The molecule has 0 saturated carbocycles. The molecule has 82 valence electrons. The number of nitrogens with one attached hydrogen (secondary N) is 1. The van der Waals surface area contributed by atoms with Crippen LogP contribution in [0, 0.1) is 0 Å². The highest BCUT2D eigenvalue weighted by Gasteiger charge is 2.20. The van der Waals surface area contributed by atoms with Crippen LogP contribution in [0.3, 0.4) is 0 Å². The second kappa shape index (κ2) is 5.98. The third-order valence-electron chi connectivity index (χ3n) is 2.63. The van der Waals surface area contributed by atoms with Crippen molar-refractivity contribution in [2.24, 2.45) is 0 Å². The molecular formula is C10H20N2O2. The fraction of sp³-hybridized carbons (Fsp3) is 0.900. The molecule has 4 nitrogen and oxygen atoms in total. The van der Waals surface area contributed by atoms with Gasteiger partial charge in [-0.3, -0.25) is 4.79 Å². The molecule has 0 atom stereocenters. The fourth-order valence-electron chi connectivity index (χ4n) is 1.69. The maximum Gasteiger partial charge on any atom is 0.222 e. The molecule has 0 unspecified atom stereocenters. The van der Waals surface area contributed by atoms with Crippen molar-refractivity contribution in [3.63, 3.8) is 0 Å². The van der Waals surface area contributed by atoms with Crippen LogP contribution < -0.4 is 5.32 Å². The minimum Gasteiger partial charge on any atom is -0.393 e. The van der Waals surface area contributed by atoms with E-state index in [0.717, 1.165) is 38.9 Å². The maximum atomic E-state index is 11.6. The molecule has 0 spiro atoms. The molecule has 0 bridgehead atoms. The van der Waals surface area contributed by atoms with E-state index in [2.05, 4.69) is 5.32 Å². The van der Waals surface area contributed by atoms with Gasteiger partial charge in [0.15, 0.2) is 0 Å². The predicted octanol–water partition coefficient (Wildman–Crippen LogP) is -0.0307. The van der Waals surface area contributed by atoms with Crippen LogP contribution in [0.2, 0.25) is 0 Å². The van der Waals surface area contributed by atoms with Gasteiger partial charge in [0.2, 0.25) is 5.91 Å². The Kier molecular flexibility index (Phi) is 4.90. The topological polar surface area (TPSA) is 52.6 Å². The van der Waals surface area contributed by atoms with Crippen molar-refractivity contribution < 1.29 is 9.90 Å². The molecule has 1 fully saturated rings. The van der Waals surface area contributed by atoms with Gasteiger partial charge in [0.05, 0.1) is 6.10 Å². The molecule has 0 aromatic carbocycles. The van der Waals surface area contributed by atoms with Crippen molar-refractivity contribution in [2.75, 3.05) is 26.7 Å². The Morgan fingerprint density at radius 1 is 1.50 bits per heavy atom. The molecule has 0 radical (unpaired) electrons. The van der Waals surface area contributed by atoms with Crippen molar-refractivity contribution in [2.45, 2.75) is 31.8 Å². The molecule has 1 aliphatic rings. The molecule has 0 aromatic rings. The lowest BCUT2D eigenvalue weighted by molar-refractivity contribution is -0.133. The number of likely N-dealkylation sites (tertiary alicyclic amines) is 1. The highest BCUT2D eigenvalue weighted by atomic mass is 16.3. The van der Waals surface area contributed by atoms with Crippen LogP contribution in [0.5, 0.6) is 0 Å². The van der Waals surface area contributed by atoms with E-state index in [0.29, 0.717) is 6.42 Å². The van der Waals surface area contributed by atoms with E-state index >= 15 is 0 Å².